The van der Waals surface area contributed by atoms with Gasteiger partial charge in [0.15, 0.2) is 0 Å². The SMILES string of the molecule is Cc1c(F)c(-c2ccccc2-c2ccccc2)cc2nnn(CC(C)(C)O)c12. The minimum atomic E-state index is -0.970. The van der Waals surface area contributed by atoms with E-state index in [1.165, 1.54) is 0 Å². The van der Waals surface area contributed by atoms with Crippen molar-refractivity contribution in [3.05, 3.63) is 72.0 Å². The highest BCUT2D eigenvalue weighted by Gasteiger charge is 2.22. The summed E-state index contributed by atoms with van der Waals surface area (Å²) in [5, 5.41) is 18.5. The molecule has 1 aromatic heterocycles. The summed E-state index contributed by atoms with van der Waals surface area (Å²) in [5.74, 6) is -0.296. The van der Waals surface area contributed by atoms with Crippen LogP contribution in [0.4, 0.5) is 4.39 Å². The zero-order chi connectivity index (χ0) is 19.9. The summed E-state index contributed by atoms with van der Waals surface area (Å²) in [6.07, 6.45) is 0. The molecule has 0 saturated heterocycles. The molecule has 0 atom stereocenters. The Morgan fingerprint density at radius 3 is 2.29 bits per heavy atom. The molecule has 4 aromatic rings. The van der Waals surface area contributed by atoms with Gasteiger partial charge in [-0.25, -0.2) is 9.07 Å². The van der Waals surface area contributed by atoms with E-state index in [-0.39, 0.29) is 12.4 Å². The Kier molecular flexibility index (Phi) is 4.47. The first-order valence-corrected chi connectivity index (χ1v) is 9.24. The zero-order valence-corrected chi connectivity index (χ0v) is 16.1. The molecule has 0 fully saturated rings. The molecule has 142 valence electrons. The fourth-order valence-electron chi connectivity index (χ4n) is 3.58. The van der Waals surface area contributed by atoms with E-state index in [0.717, 1.165) is 16.7 Å². The molecule has 1 heterocycles. The van der Waals surface area contributed by atoms with Crippen molar-refractivity contribution in [1.82, 2.24) is 15.0 Å². The Hall–Kier alpha value is -3.05. The van der Waals surface area contributed by atoms with Gasteiger partial charge in [-0.3, -0.25) is 0 Å². The molecular weight excluding hydrogens is 353 g/mol. The van der Waals surface area contributed by atoms with Crippen LogP contribution < -0.4 is 0 Å². The Morgan fingerprint density at radius 1 is 0.964 bits per heavy atom. The second-order valence-corrected chi connectivity index (χ2v) is 7.70. The molecule has 0 aliphatic heterocycles. The summed E-state index contributed by atoms with van der Waals surface area (Å²) in [5.41, 5.74) is 4.03. The Morgan fingerprint density at radius 2 is 1.61 bits per heavy atom. The maximum absolute atomic E-state index is 15.5. The van der Waals surface area contributed by atoms with Crippen molar-refractivity contribution in [1.29, 1.82) is 0 Å². The number of aromatic nitrogens is 3. The van der Waals surface area contributed by atoms with Gasteiger partial charge in [-0.15, -0.1) is 5.10 Å². The fraction of sp³-hybridized carbons (Fsp3) is 0.217. The van der Waals surface area contributed by atoms with Crippen molar-refractivity contribution in [2.75, 3.05) is 0 Å². The number of aryl methyl sites for hydroxylation is 1. The lowest BCUT2D eigenvalue weighted by molar-refractivity contribution is 0.0584. The average Bonchev–Trinajstić information content (AvgIpc) is 3.06. The molecule has 0 bridgehead atoms. The number of aliphatic hydroxyl groups is 1. The molecular formula is C23H22FN3O. The molecule has 0 spiro atoms. The van der Waals surface area contributed by atoms with Crippen LogP contribution in [0.2, 0.25) is 0 Å². The first kappa shape index (κ1) is 18.3. The van der Waals surface area contributed by atoms with E-state index in [0.29, 0.717) is 22.2 Å². The van der Waals surface area contributed by atoms with E-state index in [9.17, 15) is 5.11 Å². The molecule has 1 N–H and O–H groups in total. The molecule has 28 heavy (non-hydrogen) atoms. The van der Waals surface area contributed by atoms with Crippen LogP contribution in [-0.2, 0) is 6.54 Å². The van der Waals surface area contributed by atoms with Gasteiger partial charge < -0.3 is 5.11 Å². The normalized spacial score (nSPS) is 11.9. The van der Waals surface area contributed by atoms with Crippen LogP contribution in [0.5, 0.6) is 0 Å². The third kappa shape index (κ3) is 3.29. The monoisotopic (exact) mass is 375 g/mol. The summed E-state index contributed by atoms with van der Waals surface area (Å²) in [7, 11) is 0. The molecule has 0 amide bonds. The topological polar surface area (TPSA) is 50.9 Å². The van der Waals surface area contributed by atoms with Crippen LogP contribution in [0.25, 0.3) is 33.3 Å². The van der Waals surface area contributed by atoms with Crippen molar-refractivity contribution in [2.45, 2.75) is 32.9 Å². The van der Waals surface area contributed by atoms with Gasteiger partial charge in [0, 0.05) is 11.1 Å². The van der Waals surface area contributed by atoms with E-state index >= 15 is 4.39 Å². The quantitative estimate of drug-likeness (QED) is 0.547. The molecule has 4 nitrogen and oxygen atoms in total. The van der Waals surface area contributed by atoms with Gasteiger partial charge in [0.2, 0.25) is 0 Å². The van der Waals surface area contributed by atoms with Crippen molar-refractivity contribution >= 4 is 11.0 Å². The maximum atomic E-state index is 15.5. The van der Waals surface area contributed by atoms with Gasteiger partial charge in [-0.2, -0.15) is 0 Å². The van der Waals surface area contributed by atoms with E-state index in [1.807, 2.05) is 54.6 Å². The second-order valence-electron chi connectivity index (χ2n) is 7.70. The summed E-state index contributed by atoms with van der Waals surface area (Å²) >= 11 is 0. The lowest BCUT2D eigenvalue weighted by Crippen LogP contribution is -2.26. The van der Waals surface area contributed by atoms with Gasteiger partial charge in [-0.1, -0.05) is 59.8 Å². The molecule has 0 aliphatic carbocycles. The van der Waals surface area contributed by atoms with E-state index in [1.54, 1.807) is 31.5 Å². The third-order valence-electron chi connectivity index (χ3n) is 4.80. The number of hydrogen-bond acceptors (Lipinski definition) is 3. The van der Waals surface area contributed by atoms with Crippen LogP contribution in [0, 0.1) is 12.7 Å². The first-order chi connectivity index (χ1) is 13.3. The van der Waals surface area contributed by atoms with Gasteiger partial charge in [0.1, 0.15) is 11.3 Å². The van der Waals surface area contributed by atoms with Gasteiger partial charge in [0.25, 0.3) is 0 Å². The number of rotatable bonds is 4. The summed E-state index contributed by atoms with van der Waals surface area (Å²) in [6.45, 7) is 5.35. The molecule has 0 saturated carbocycles. The number of benzene rings is 3. The van der Waals surface area contributed by atoms with Crippen LogP contribution in [-0.4, -0.2) is 25.7 Å². The maximum Gasteiger partial charge on any atom is 0.136 e. The predicted molar refractivity (Wildman–Crippen MR) is 109 cm³/mol. The lowest BCUT2D eigenvalue weighted by Gasteiger charge is -2.18. The summed E-state index contributed by atoms with van der Waals surface area (Å²) in [4.78, 5) is 0. The van der Waals surface area contributed by atoms with Crippen LogP contribution in [0.1, 0.15) is 19.4 Å². The predicted octanol–water partition coefficient (Wildman–Crippen LogP) is 4.98. The van der Waals surface area contributed by atoms with Gasteiger partial charge in [0.05, 0.1) is 17.7 Å². The fourth-order valence-corrected chi connectivity index (χ4v) is 3.58. The zero-order valence-electron chi connectivity index (χ0n) is 16.1. The molecule has 4 rings (SSSR count). The second kappa shape index (κ2) is 6.84. The largest absolute Gasteiger partial charge is 0.389 e. The standard InChI is InChI=1S/C23H22FN3O/c1-15-21(24)19(13-20-22(15)27(26-25-20)14-23(2,3)28)18-12-8-7-11-17(18)16-9-5-4-6-10-16/h4-13,28H,14H2,1-3H3. The molecule has 5 heteroatoms. The minimum Gasteiger partial charge on any atom is -0.389 e. The number of halogens is 1. The highest BCUT2D eigenvalue weighted by Crippen LogP contribution is 2.36. The summed E-state index contributed by atoms with van der Waals surface area (Å²) < 4.78 is 17.0. The Bertz CT molecular complexity index is 1140. The van der Waals surface area contributed by atoms with Gasteiger partial charge in [-0.05, 0) is 43.5 Å². The van der Waals surface area contributed by atoms with Gasteiger partial charge >= 0.3 is 0 Å². The average molecular weight is 375 g/mol. The molecule has 3 aromatic carbocycles. The van der Waals surface area contributed by atoms with Crippen LogP contribution in [0.15, 0.2) is 60.7 Å². The smallest absolute Gasteiger partial charge is 0.136 e. The van der Waals surface area contributed by atoms with Crippen molar-refractivity contribution < 1.29 is 9.50 Å². The van der Waals surface area contributed by atoms with Crippen LogP contribution >= 0.6 is 0 Å². The molecule has 0 unspecified atom stereocenters. The van der Waals surface area contributed by atoms with E-state index < -0.39 is 5.60 Å². The number of fused-ring (bicyclic) bond motifs is 1. The van der Waals surface area contributed by atoms with E-state index in [2.05, 4.69) is 10.3 Å². The van der Waals surface area contributed by atoms with Crippen molar-refractivity contribution in [2.24, 2.45) is 0 Å². The number of hydrogen-bond donors (Lipinski definition) is 1. The van der Waals surface area contributed by atoms with Crippen molar-refractivity contribution in [3.8, 4) is 22.3 Å². The highest BCUT2D eigenvalue weighted by molar-refractivity contribution is 5.90. The third-order valence-corrected chi connectivity index (χ3v) is 4.80. The molecule has 0 aliphatic rings. The highest BCUT2D eigenvalue weighted by atomic mass is 19.1. The van der Waals surface area contributed by atoms with Crippen molar-refractivity contribution in [3.63, 3.8) is 0 Å². The Balaban J connectivity index is 1.92. The number of nitrogens with zero attached hydrogens (tertiary/aromatic N) is 3. The Labute approximate surface area is 163 Å². The van der Waals surface area contributed by atoms with Crippen LogP contribution in [0.3, 0.4) is 0 Å². The summed E-state index contributed by atoms with van der Waals surface area (Å²) in [6, 6.07) is 19.5. The van der Waals surface area contributed by atoms with E-state index in [4.69, 9.17) is 0 Å². The minimum absolute atomic E-state index is 0.240. The molecule has 0 radical (unpaired) electrons. The first-order valence-electron chi connectivity index (χ1n) is 9.24. The lowest BCUT2D eigenvalue weighted by atomic mass is 9.93.